The monoisotopic (exact) mass is 388 g/mol. The van der Waals surface area contributed by atoms with Gasteiger partial charge in [0.25, 0.3) is 0 Å². The molecule has 0 radical (unpaired) electrons. The van der Waals surface area contributed by atoms with Crippen molar-refractivity contribution in [2.75, 3.05) is 27.3 Å². The van der Waals surface area contributed by atoms with Crippen molar-refractivity contribution in [1.29, 1.82) is 0 Å². The van der Waals surface area contributed by atoms with Crippen molar-refractivity contribution in [3.05, 3.63) is 45.1 Å². The standard InChI is InChI=1S/C21H28N2O3S/c1-15-6-7-18(27-15)13-22-9-4-5-21(24)23-10-8-16-11-19(25-2)20(26-3)12-17(16)14-23/h6-7,11-12,22H,4-5,8-10,13-14H2,1-3H3. The van der Waals surface area contributed by atoms with Gasteiger partial charge in [-0.3, -0.25) is 4.79 Å². The minimum absolute atomic E-state index is 0.226. The lowest BCUT2D eigenvalue weighted by Gasteiger charge is -2.29. The normalized spacial score (nSPS) is 13.4. The molecule has 1 N–H and O–H groups in total. The van der Waals surface area contributed by atoms with Crippen LogP contribution in [0.15, 0.2) is 24.3 Å². The summed E-state index contributed by atoms with van der Waals surface area (Å²) >= 11 is 1.82. The molecule has 0 spiro atoms. The van der Waals surface area contributed by atoms with E-state index in [0.717, 1.165) is 49.5 Å². The number of aryl methyl sites for hydroxylation is 1. The maximum Gasteiger partial charge on any atom is 0.222 e. The van der Waals surface area contributed by atoms with E-state index in [1.807, 2.05) is 28.4 Å². The molecule has 1 aliphatic rings. The van der Waals surface area contributed by atoms with E-state index in [1.165, 1.54) is 15.3 Å². The number of nitrogens with one attached hydrogen (secondary N) is 1. The summed E-state index contributed by atoms with van der Waals surface area (Å²) in [5, 5.41) is 3.43. The number of thiophene rings is 1. The van der Waals surface area contributed by atoms with Gasteiger partial charge in [0, 0.05) is 35.8 Å². The molecule has 2 heterocycles. The van der Waals surface area contributed by atoms with Crippen LogP contribution in [0.25, 0.3) is 0 Å². The molecule has 1 aromatic heterocycles. The first-order valence-electron chi connectivity index (χ1n) is 9.38. The number of carbonyl (C=O) groups excluding carboxylic acids is 1. The Morgan fingerprint density at radius 2 is 1.93 bits per heavy atom. The third-order valence-electron chi connectivity index (χ3n) is 4.91. The third-order valence-corrected chi connectivity index (χ3v) is 5.91. The van der Waals surface area contributed by atoms with Crippen LogP contribution >= 0.6 is 11.3 Å². The minimum Gasteiger partial charge on any atom is -0.493 e. The molecule has 5 nitrogen and oxygen atoms in total. The summed E-state index contributed by atoms with van der Waals surface area (Å²) in [5.74, 6) is 1.70. The van der Waals surface area contributed by atoms with Gasteiger partial charge < -0.3 is 19.7 Å². The van der Waals surface area contributed by atoms with Crippen molar-refractivity contribution in [3.8, 4) is 11.5 Å². The number of benzene rings is 1. The molecule has 0 saturated carbocycles. The van der Waals surface area contributed by atoms with E-state index in [1.54, 1.807) is 14.2 Å². The number of nitrogens with zero attached hydrogens (tertiary/aromatic N) is 1. The van der Waals surface area contributed by atoms with Gasteiger partial charge in [0.1, 0.15) is 0 Å². The van der Waals surface area contributed by atoms with Crippen LogP contribution in [0.4, 0.5) is 0 Å². The molecule has 1 aliphatic heterocycles. The summed E-state index contributed by atoms with van der Waals surface area (Å²) < 4.78 is 10.8. The molecule has 0 aliphatic carbocycles. The van der Waals surface area contributed by atoms with E-state index in [4.69, 9.17) is 9.47 Å². The predicted molar refractivity (Wildman–Crippen MR) is 109 cm³/mol. The maximum atomic E-state index is 12.6. The quantitative estimate of drug-likeness (QED) is 0.703. The molecular weight excluding hydrogens is 360 g/mol. The van der Waals surface area contributed by atoms with Gasteiger partial charge in [-0.15, -0.1) is 11.3 Å². The largest absolute Gasteiger partial charge is 0.493 e. The Kier molecular flexibility index (Phi) is 6.74. The number of carbonyl (C=O) groups is 1. The first-order valence-corrected chi connectivity index (χ1v) is 10.2. The van der Waals surface area contributed by atoms with Gasteiger partial charge in [-0.1, -0.05) is 0 Å². The van der Waals surface area contributed by atoms with E-state index in [-0.39, 0.29) is 5.91 Å². The number of hydrogen-bond donors (Lipinski definition) is 1. The smallest absolute Gasteiger partial charge is 0.222 e. The van der Waals surface area contributed by atoms with Crippen LogP contribution in [-0.4, -0.2) is 38.1 Å². The topological polar surface area (TPSA) is 50.8 Å². The number of methoxy groups -OCH3 is 2. The Bertz CT molecular complexity index is 788. The van der Waals surface area contributed by atoms with Gasteiger partial charge in [0.05, 0.1) is 14.2 Å². The lowest BCUT2D eigenvalue weighted by molar-refractivity contribution is -0.132. The van der Waals surface area contributed by atoms with Crippen LogP contribution in [0.1, 0.15) is 33.7 Å². The summed E-state index contributed by atoms with van der Waals surface area (Å²) in [4.78, 5) is 17.2. The van der Waals surface area contributed by atoms with Gasteiger partial charge in [-0.25, -0.2) is 0 Å². The Morgan fingerprint density at radius 3 is 2.59 bits per heavy atom. The molecule has 27 heavy (non-hydrogen) atoms. The Morgan fingerprint density at radius 1 is 1.19 bits per heavy atom. The van der Waals surface area contributed by atoms with Crippen LogP contribution in [0.3, 0.4) is 0 Å². The molecule has 0 bridgehead atoms. The molecule has 0 fully saturated rings. The number of rotatable bonds is 8. The van der Waals surface area contributed by atoms with Gasteiger partial charge >= 0.3 is 0 Å². The molecule has 6 heteroatoms. The van der Waals surface area contributed by atoms with Crippen molar-refractivity contribution < 1.29 is 14.3 Å². The molecule has 146 valence electrons. The zero-order valence-corrected chi connectivity index (χ0v) is 17.2. The summed E-state index contributed by atoms with van der Waals surface area (Å²) in [7, 11) is 3.29. The van der Waals surface area contributed by atoms with Gasteiger partial charge in [-0.05, 0) is 61.7 Å². The summed E-state index contributed by atoms with van der Waals surface area (Å²) in [6, 6.07) is 8.33. The molecule has 0 unspecified atom stereocenters. The van der Waals surface area contributed by atoms with Crippen molar-refractivity contribution in [1.82, 2.24) is 10.2 Å². The summed E-state index contributed by atoms with van der Waals surface area (Å²) in [6.07, 6.45) is 2.30. The van der Waals surface area contributed by atoms with Gasteiger partial charge in [0.2, 0.25) is 5.91 Å². The third kappa shape index (κ3) is 5.02. The van der Waals surface area contributed by atoms with Crippen LogP contribution < -0.4 is 14.8 Å². The molecule has 3 rings (SSSR count). The molecule has 1 aromatic carbocycles. The average molecular weight is 389 g/mol. The highest BCUT2D eigenvalue weighted by molar-refractivity contribution is 7.11. The van der Waals surface area contributed by atoms with E-state index in [9.17, 15) is 4.79 Å². The highest BCUT2D eigenvalue weighted by Gasteiger charge is 2.22. The number of fused-ring (bicyclic) bond motifs is 1. The molecule has 2 aromatic rings. The SMILES string of the molecule is COc1cc2c(cc1OC)CN(C(=O)CCCNCc1ccc(C)s1)CC2. The van der Waals surface area contributed by atoms with Crippen molar-refractivity contribution in [2.24, 2.45) is 0 Å². The number of hydrogen-bond acceptors (Lipinski definition) is 5. The highest BCUT2D eigenvalue weighted by atomic mass is 32.1. The summed E-state index contributed by atoms with van der Waals surface area (Å²) in [5.41, 5.74) is 2.39. The van der Waals surface area contributed by atoms with Crippen molar-refractivity contribution in [3.63, 3.8) is 0 Å². The lowest BCUT2D eigenvalue weighted by atomic mass is 9.98. The number of ether oxygens (including phenoxy) is 2. The highest BCUT2D eigenvalue weighted by Crippen LogP contribution is 2.33. The first kappa shape index (κ1) is 19.7. The van der Waals surface area contributed by atoms with E-state index in [0.29, 0.717) is 13.0 Å². The van der Waals surface area contributed by atoms with Gasteiger partial charge in [0.15, 0.2) is 11.5 Å². The van der Waals surface area contributed by atoms with E-state index >= 15 is 0 Å². The number of amides is 1. The van der Waals surface area contributed by atoms with Crippen LogP contribution in [0.5, 0.6) is 11.5 Å². The fraction of sp³-hybridized carbons (Fsp3) is 0.476. The first-order chi connectivity index (χ1) is 13.1. The van der Waals surface area contributed by atoms with Crippen molar-refractivity contribution >= 4 is 17.2 Å². The molecule has 0 saturated heterocycles. The van der Waals surface area contributed by atoms with E-state index < -0.39 is 0 Å². The zero-order valence-electron chi connectivity index (χ0n) is 16.3. The average Bonchev–Trinajstić information content (AvgIpc) is 3.10. The van der Waals surface area contributed by atoms with Crippen molar-refractivity contribution in [2.45, 2.75) is 39.3 Å². The molecule has 0 atom stereocenters. The maximum absolute atomic E-state index is 12.6. The van der Waals surface area contributed by atoms with Gasteiger partial charge in [-0.2, -0.15) is 0 Å². The fourth-order valence-corrected chi connectivity index (χ4v) is 4.27. The Hall–Kier alpha value is -2.05. The summed E-state index contributed by atoms with van der Waals surface area (Å²) in [6.45, 7) is 5.28. The predicted octanol–water partition coefficient (Wildman–Crippen LogP) is 3.53. The minimum atomic E-state index is 0.226. The van der Waals surface area contributed by atoms with Crippen LogP contribution in [0, 0.1) is 6.92 Å². The Labute approximate surface area is 165 Å². The second kappa shape index (κ2) is 9.24. The zero-order chi connectivity index (χ0) is 19.2. The second-order valence-corrected chi connectivity index (χ2v) is 8.21. The van der Waals surface area contributed by atoms with Crippen LogP contribution in [0.2, 0.25) is 0 Å². The second-order valence-electron chi connectivity index (χ2n) is 6.83. The Balaban J connectivity index is 1.46. The molecule has 1 amide bonds. The van der Waals surface area contributed by atoms with Crippen LogP contribution in [-0.2, 0) is 24.3 Å². The molecular formula is C21H28N2O3S. The lowest BCUT2D eigenvalue weighted by Crippen LogP contribution is -2.36. The fourth-order valence-electron chi connectivity index (χ4n) is 3.41. The van der Waals surface area contributed by atoms with E-state index in [2.05, 4.69) is 24.4 Å².